The van der Waals surface area contributed by atoms with Crippen molar-refractivity contribution >= 4 is 23.3 Å². The van der Waals surface area contributed by atoms with Gasteiger partial charge in [0, 0.05) is 12.3 Å². The number of rotatable bonds is 7. The van der Waals surface area contributed by atoms with Crippen LogP contribution in [0.2, 0.25) is 0 Å². The van der Waals surface area contributed by atoms with Crippen LogP contribution in [-0.2, 0) is 9.53 Å². The molecule has 0 aromatic heterocycles. The molecule has 4 N–H and O–H groups in total. The van der Waals surface area contributed by atoms with Gasteiger partial charge in [-0.1, -0.05) is 6.92 Å². The maximum absolute atomic E-state index is 11.6. The molecule has 0 aliphatic rings. The topological polar surface area (TPSA) is 102 Å². The van der Waals surface area contributed by atoms with Gasteiger partial charge in [0.2, 0.25) is 5.91 Å². The molecule has 19 heavy (non-hydrogen) atoms. The Morgan fingerprint density at radius 3 is 2.74 bits per heavy atom. The molecule has 104 valence electrons. The van der Waals surface area contributed by atoms with Crippen molar-refractivity contribution in [3.8, 4) is 0 Å². The predicted molar refractivity (Wildman–Crippen MR) is 72.2 cm³/mol. The summed E-state index contributed by atoms with van der Waals surface area (Å²) in [5.74, 6) is -1.42. The monoisotopic (exact) mass is 266 g/mol. The molecule has 0 radical (unpaired) electrons. The van der Waals surface area contributed by atoms with Crippen LogP contribution < -0.4 is 11.1 Å². The molecule has 0 saturated heterocycles. The third-order valence-electron chi connectivity index (χ3n) is 2.37. The van der Waals surface area contributed by atoms with Crippen LogP contribution in [-0.4, -0.2) is 30.2 Å². The van der Waals surface area contributed by atoms with Crippen LogP contribution in [0.25, 0.3) is 0 Å². The van der Waals surface area contributed by atoms with E-state index >= 15 is 0 Å². The van der Waals surface area contributed by atoms with E-state index in [-0.39, 0.29) is 23.6 Å². The maximum Gasteiger partial charge on any atom is 0.337 e. The van der Waals surface area contributed by atoms with Crippen LogP contribution in [0.3, 0.4) is 0 Å². The lowest BCUT2D eigenvalue weighted by Crippen LogP contribution is -2.16. The van der Waals surface area contributed by atoms with Gasteiger partial charge in [-0.25, -0.2) is 4.79 Å². The van der Waals surface area contributed by atoms with Gasteiger partial charge in [-0.3, -0.25) is 4.79 Å². The van der Waals surface area contributed by atoms with Crippen LogP contribution in [0.5, 0.6) is 0 Å². The zero-order chi connectivity index (χ0) is 14.3. The predicted octanol–water partition coefficient (Wildman–Crippen LogP) is 1.72. The van der Waals surface area contributed by atoms with Crippen molar-refractivity contribution in [3.05, 3.63) is 23.8 Å². The summed E-state index contributed by atoms with van der Waals surface area (Å²) >= 11 is 0. The lowest BCUT2D eigenvalue weighted by atomic mass is 10.1. The third-order valence-corrected chi connectivity index (χ3v) is 2.37. The quantitative estimate of drug-likeness (QED) is 0.515. The molecule has 0 atom stereocenters. The molecule has 1 rings (SSSR count). The second kappa shape index (κ2) is 7.38. The summed E-state index contributed by atoms with van der Waals surface area (Å²) in [4.78, 5) is 22.6. The molecule has 0 aliphatic heterocycles. The molecule has 1 amide bonds. The second-order valence-electron chi connectivity index (χ2n) is 4.02. The minimum Gasteiger partial charge on any atom is -0.478 e. The van der Waals surface area contributed by atoms with Crippen molar-refractivity contribution < 1.29 is 19.4 Å². The Bertz CT molecular complexity index is 460. The first-order valence-corrected chi connectivity index (χ1v) is 6.05. The number of anilines is 2. The number of nitrogens with one attached hydrogen (secondary N) is 1. The number of carbonyl (C=O) groups is 2. The molecule has 6 heteroatoms. The largest absolute Gasteiger partial charge is 0.478 e. The van der Waals surface area contributed by atoms with Crippen molar-refractivity contribution in [1.29, 1.82) is 0 Å². The fraction of sp³-hybridized carbons (Fsp3) is 0.385. The zero-order valence-electron chi connectivity index (χ0n) is 10.8. The Kier molecular flexibility index (Phi) is 5.81. The number of carbonyl (C=O) groups excluding carboxylic acids is 1. The Balaban J connectivity index is 2.61. The normalized spacial score (nSPS) is 10.2. The molecule has 0 fully saturated rings. The van der Waals surface area contributed by atoms with E-state index in [0.29, 0.717) is 18.9 Å². The maximum atomic E-state index is 11.6. The number of carboxylic acid groups (broad SMARTS) is 1. The van der Waals surface area contributed by atoms with E-state index in [9.17, 15) is 9.59 Å². The Morgan fingerprint density at radius 2 is 2.11 bits per heavy atom. The van der Waals surface area contributed by atoms with E-state index in [1.165, 1.54) is 18.2 Å². The Morgan fingerprint density at radius 1 is 1.37 bits per heavy atom. The highest BCUT2D eigenvalue weighted by Gasteiger charge is 2.12. The molecule has 6 nitrogen and oxygen atoms in total. The van der Waals surface area contributed by atoms with Crippen molar-refractivity contribution in [2.75, 3.05) is 24.3 Å². The smallest absolute Gasteiger partial charge is 0.337 e. The average Bonchev–Trinajstić information content (AvgIpc) is 2.36. The standard InChI is InChI=1S/C13H18N2O4/c1-2-6-19-7-5-12(16)15-11-4-3-9(14)8-10(11)13(17)18/h3-4,8H,2,5-7,14H2,1H3,(H,15,16)(H,17,18). The van der Waals surface area contributed by atoms with Crippen LogP contribution in [0.15, 0.2) is 18.2 Å². The summed E-state index contributed by atoms with van der Waals surface area (Å²) in [5, 5.41) is 11.6. The highest BCUT2D eigenvalue weighted by Crippen LogP contribution is 2.19. The lowest BCUT2D eigenvalue weighted by Gasteiger charge is -2.09. The van der Waals surface area contributed by atoms with Gasteiger partial charge >= 0.3 is 5.97 Å². The number of aromatic carboxylic acids is 1. The third kappa shape index (κ3) is 4.97. The molecule has 0 saturated carbocycles. The minimum absolute atomic E-state index is 0.0252. The lowest BCUT2D eigenvalue weighted by molar-refractivity contribution is -0.117. The number of nitrogen functional groups attached to an aromatic ring is 1. The molecule has 0 unspecified atom stereocenters. The summed E-state index contributed by atoms with van der Waals surface area (Å²) < 4.78 is 5.19. The van der Waals surface area contributed by atoms with E-state index in [0.717, 1.165) is 6.42 Å². The first kappa shape index (κ1) is 15.0. The number of hydrogen-bond donors (Lipinski definition) is 3. The van der Waals surface area contributed by atoms with E-state index in [1.807, 2.05) is 6.92 Å². The fourth-order valence-electron chi connectivity index (χ4n) is 1.47. The molecule has 1 aromatic carbocycles. The van der Waals surface area contributed by atoms with Crippen molar-refractivity contribution in [2.24, 2.45) is 0 Å². The molecule has 0 heterocycles. The fourth-order valence-corrected chi connectivity index (χ4v) is 1.47. The summed E-state index contributed by atoms with van der Waals surface area (Å²) in [6.07, 6.45) is 1.08. The van der Waals surface area contributed by atoms with Gasteiger partial charge in [0.05, 0.1) is 24.3 Å². The van der Waals surface area contributed by atoms with Crippen molar-refractivity contribution in [2.45, 2.75) is 19.8 Å². The summed E-state index contributed by atoms with van der Waals surface area (Å²) in [6, 6.07) is 4.32. The van der Waals surface area contributed by atoms with E-state index in [2.05, 4.69) is 5.32 Å². The SMILES string of the molecule is CCCOCCC(=O)Nc1ccc(N)cc1C(=O)O. The summed E-state index contributed by atoms with van der Waals surface area (Å²) in [5.41, 5.74) is 6.06. The van der Waals surface area contributed by atoms with Crippen LogP contribution in [0, 0.1) is 0 Å². The number of benzene rings is 1. The molecule has 0 bridgehead atoms. The summed E-state index contributed by atoms with van der Waals surface area (Å²) in [6.45, 7) is 2.90. The number of carboxylic acids is 1. The average molecular weight is 266 g/mol. The molecule has 1 aromatic rings. The van der Waals surface area contributed by atoms with Crippen molar-refractivity contribution in [1.82, 2.24) is 0 Å². The van der Waals surface area contributed by atoms with Gasteiger partial charge < -0.3 is 20.9 Å². The first-order valence-electron chi connectivity index (χ1n) is 6.05. The van der Waals surface area contributed by atoms with Crippen LogP contribution in [0.4, 0.5) is 11.4 Å². The van der Waals surface area contributed by atoms with Crippen LogP contribution >= 0.6 is 0 Å². The van der Waals surface area contributed by atoms with E-state index < -0.39 is 5.97 Å². The summed E-state index contributed by atoms with van der Waals surface area (Å²) in [7, 11) is 0. The molecule has 0 aliphatic carbocycles. The minimum atomic E-state index is -1.13. The van der Waals surface area contributed by atoms with Gasteiger partial charge in [-0.15, -0.1) is 0 Å². The van der Waals surface area contributed by atoms with E-state index in [1.54, 1.807) is 0 Å². The Labute approximate surface area is 111 Å². The number of ether oxygens (including phenoxy) is 1. The van der Waals surface area contributed by atoms with Gasteiger partial charge in [0.15, 0.2) is 0 Å². The van der Waals surface area contributed by atoms with Gasteiger partial charge in [-0.2, -0.15) is 0 Å². The van der Waals surface area contributed by atoms with Crippen LogP contribution in [0.1, 0.15) is 30.1 Å². The van der Waals surface area contributed by atoms with Gasteiger partial charge in [0.25, 0.3) is 0 Å². The highest BCUT2D eigenvalue weighted by molar-refractivity contribution is 6.01. The molecular formula is C13H18N2O4. The van der Waals surface area contributed by atoms with Crippen molar-refractivity contribution in [3.63, 3.8) is 0 Å². The number of hydrogen-bond acceptors (Lipinski definition) is 4. The Hall–Kier alpha value is -2.08. The zero-order valence-corrected chi connectivity index (χ0v) is 10.8. The number of amides is 1. The first-order chi connectivity index (χ1) is 9.04. The number of nitrogens with two attached hydrogens (primary N) is 1. The second-order valence-corrected chi connectivity index (χ2v) is 4.02. The molecule has 0 spiro atoms. The van der Waals surface area contributed by atoms with E-state index in [4.69, 9.17) is 15.6 Å². The highest BCUT2D eigenvalue weighted by atomic mass is 16.5. The van der Waals surface area contributed by atoms with Gasteiger partial charge in [-0.05, 0) is 24.6 Å². The van der Waals surface area contributed by atoms with Gasteiger partial charge in [0.1, 0.15) is 0 Å². The molecular weight excluding hydrogens is 248 g/mol.